The summed E-state index contributed by atoms with van der Waals surface area (Å²) in [7, 11) is 0. The van der Waals surface area contributed by atoms with Crippen molar-refractivity contribution in [1.82, 2.24) is 15.0 Å². The van der Waals surface area contributed by atoms with Gasteiger partial charge in [0.25, 0.3) is 0 Å². The third kappa shape index (κ3) is 1.92. The number of fused-ring (bicyclic) bond motifs is 1. The van der Waals surface area contributed by atoms with Crippen LogP contribution in [0.2, 0.25) is 5.02 Å². The predicted molar refractivity (Wildman–Crippen MR) is 75.6 cm³/mol. The van der Waals surface area contributed by atoms with Gasteiger partial charge in [-0.3, -0.25) is 0 Å². The van der Waals surface area contributed by atoms with Crippen LogP contribution in [-0.4, -0.2) is 26.1 Å². The quantitative estimate of drug-likeness (QED) is 0.786. The van der Waals surface area contributed by atoms with Crippen LogP contribution in [0.25, 0.3) is 16.7 Å². The lowest BCUT2D eigenvalue weighted by Crippen LogP contribution is -2.01. The topological polar surface area (TPSA) is 68.0 Å². The first-order valence-corrected chi connectivity index (χ1v) is 6.30. The average molecular weight is 288 g/mol. The van der Waals surface area contributed by atoms with E-state index in [0.717, 1.165) is 11.3 Å². The van der Waals surface area contributed by atoms with Gasteiger partial charge in [-0.1, -0.05) is 22.9 Å². The molecule has 0 fully saturated rings. The SMILES string of the molecule is Cc1c(Cl)cccc1-n1nnc2ccc(C(=O)O)cc21. The normalized spacial score (nSPS) is 10.9. The van der Waals surface area contributed by atoms with Crippen molar-refractivity contribution in [2.75, 3.05) is 0 Å². The van der Waals surface area contributed by atoms with E-state index in [4.69, 9.17) is 16.7 Å². The van der Waals surface area contributed by atoms with Crippen molar-refractivity contribution < 1.29 is 9.90 Å². The van der Waals surface area contributed by atoms with Crippen LogP contribution in [0.1, 0.15) is 15.9 Å². The zero-order valence-corrected chi connectivity index (χ0v) is 11.3. The van der Waals surface area contributed by atoms with Gasteiger partial charge >= 0.3 is 5.97 Å². The second-order valence-corrected chi connectivity index (χ2v) is 4.80. The number of benzene rings is 2. The van der Waals surface area contributed by atoms with Crippen LogP contribution in [-0.2, 0) is 0 Å². The van der Waals surface area contributed by atoms with Crippen molar-refractivity contribution in [3.05, 3.63) is 52.5 Å². The van der Waals surface area contributed by atoms with E-state index in [1.807, 2.05) is 19.1 Å². The van der Waals surface area contributed by atoms with Crippen molar-refractivity contribution in [3.63, 3.8) is 0 Å². The number of hydrogen-bond donors (Lipinski definition) is 1. The highest BCUT2D eigenvalue weighted by atomic mass is 35.5. The summed E-state index contributed by atoms with van der Waals surface area (Å²) in [4.78, 5) is 11.1. The summed E-state index contributed by atoms with van der Waals surface area (Å²) in [6, 6.07) is 10.2. The molecule has 3 rings (SSSR count). The Morgan fingerprint density at radius 3 is 2.85 bits per heavy atom. The molecule has 0 aliphatic carbocycles. The van der Waals surface area contributed by atoms with Crippen LogP contribution < -0.4 is 0 Å². The zero-order valence-electron chi connectivity index (χ0n) is 10.5. The fraction of sp³-hybridized carbons (Fsp3) is 0.0714. The lowest BCUT2D eigenvalue weighted by Gasteiger charge is -2.07. The number of carboxylic acid groups (broad SMARTS) is 1. The van der Waals surface area contributed by atoms with Crippen LogP contribution >= 0.6 is 11.6 Å². The van der Waals surface area contributed by atoms with Gasteiger partial charge in [-0.25, -0.2) is 9.48 Å². The Bertz CT molecular complexity index is 826. The molecule has 5 nitrogen and oxygen atoms in total. The number of nitrogens with zero attached hydrogens (tertiary/aromatic N) is 3. The molecule has 1 heterocycles. The molecule has 3 aromatic rings. The number of carbonyl (C=O) groups is 1. The van der Waals surface area contributed by atoms with E-state index in [1.54, 1.807) is 22.9 Å². The summed E-state index contributed by atoms with van der Waals surface area (Å²) < 4.78 is 1.60. The van der Waals surface area contributed by atoms with Crippen molar-refractivity contribution >= 4 is 28.6 Å². The van der Waals surface area contributed by atoms with Gasteiger partial charge in [0.05, 0.1) is 16.8 Å². The molecule has 0 atom stereocenters. The molecule has 0 unspecified atom stereocenters. The van der Waals surface area contributed by atoms with Crippen molar-refractivity contribution in [2.45, 2.75) is 6.92 Å². The third-order valence-electron chi connectivity index (χ3n) is 3.16. The second-order valence-electron chi connectivity index (χ2n) is 4.39. The largest absolute Gasteiger partial charge is 0.478 e. The van der Waals surface area contributed by atoms with Gasteiger partial charge in [-0.15, -0.1) is 5.10 Å². The number of hydrogen-bond acceptors (Lipinski definition) is 3. The lowest BCUT2D eigenvalue weighted by atomic mass is 10.1. The number of carboxylic acids is 1. The van der Waals surface area contributed by atoms with Crippen LogP contribution in [0, 0.1) is 6.92 Å². The Hall–Kier alpha value is -2.40. The van der Waals surface area contributed by atoms with E-state index in [1.165, 1.54) is 6.07 Å². The maximum Gasteiger partial charge on any atom is 0.335 e. The Balaban J connectivity index is 2.28. The van der Waals surface area contributed by atoms with Crippen molar-refractivity contribution in [3.8, 4) is 5.69 Å². The maximum absolute atomic E-state index is 11.1. The summed E-state index contributed by atoms with van der Waals surface area (Å²) in [6.07, 6.45) is 0. The molecule has 0 spiro atoms. The zero-order chi connectivity index (χ0) is 14.3. The van der Waals surface area contributed by atoms with Crippen LogP contribution in [0.5, 0.6) is 0 Å². The van der Waals surface area contributed by atoms with Crippen molar-refractivity contribution in [1.29, 1.82) is 0 Å². The highest BCUT2D eigenvalue weighted by Crippen LogP contribution is 2.24. The number of aromatic carboxylic acids is 1. The molecule has 2 aromatic carbocycles. The number of halogens is 1. The van der Waals surface area contributed by atoms with Gasteiger partial charge in [0, 0.05) is 5.02 Å². The van der Waals surface area contributed by atoms with E-state index in [9.17, 15) is 4.79 Å². The molecule has 6 heteroatoms. The minimum absolute atomic E-state index is 0.195. The molecule has 0 radical (unpaired) electrons. The Morgan fingerprint density at radius 1 is 1.30 bits per heavy atom. The van der Waals surface area contributed by atoms with Gasteiger partial charge in [0.1, 0.15) is 5.52 Å². The number of aromatic nitrogens is 3. The molecular weight excluding hydrogens is 278 g/mol. The average Bonchev–Trinajstić information content (AvgIpc) is 2.84. The minimum atomic E-state index is -0.984. The molecule has 1 aromatic heterocycles. The van der Waals surface area contributed by atoms with E-state index in [0.29, 0.717) is 16.1 Å². The van der Waals surface area contributed by atoms with Crippen molar-refractivity contribution in [2.24, 2.45) is 0 Å². The number of rotatable bonds is 2. The van der Waals surface area contributed by atoms with Gasteiger partial charge in [0.2, 0.25) is 0 Å². The monoisotopic (exact) mass is 287 g/mol. The highest BCUT2D eigenvalue weighted by Gasteiger charge is 2.12. The maximum atomic E-state index is 11.1. The van der Waals surface area contributed by atoms with E-state index in [-0.39, 0.29) is 5.56 Å². The van der Waals surface area contributed by atoms with E-state index < -0.39 is 5.97 Å². The van der Waals surface area contributed by atoms with E-state index >= 15 is 0 Å². The summed E-state index contributed by atoms with van der Waals surface area (Å²) in [5, 5.41) is 17.8. The van der Waals surface area contributed by atoms with Crippen LogP contribution in [0.4, 0.5) is 0 Å². The fourth-order valence-electron chi connectivity index (χ4n) is 2.06. The molecule has 1 N–H and O–H groups in total. The fourth-order valence-corrected chi connectivity index (χ4v) is 2.22. The highest BCUT2D eigenvalue weighted by molar-refractivity contribution is 6.31. The molecular formula is C14H10ClN3O2. The first-order chi connectivity index (χ1) is 9.58. The summed E-state index contributed by atoms with van der Waals surface area (Å²) >= 11 is 6.11. The Morgan fingerprint density at radius 2 is 2.10 bits per heavy atom. The van der Waals surface area contributed by atoms with Gasteiger partial charge in [-0.05, 0) is 42.8 Å². The molecule has 0 aliphatic heterocycles. The van der Waals surface area contributed by atoms with E-state index in [2.05, 4.69) is 10.3 Å². The molecule has 20 heavy (non-hydrogen) atoms. The molecule has 0 bridgehead atoms. The first-order valence-electron chi connectivity index (χ1n) is 5.92. The summed E-state index contributed by atoms with van der Waals surface area (Å²) in [5.74, 6) is -0.984. The Labute approximate surface area is 119 Å². The molecule has 0 saturated heterocycles. The summed E-state index contributed by atoms with van der Waals surface area (Å²) in [5.41, 5.74) is 3.11. The summed E-state index contributed by atoms with van der Waals surface area (Å²) in [6.45, 7) is 1.88. The van der Waals surface area contributed by atoms with Gasteiger partial charge < -0.3 is 5.11 Å². The van der Waals surface area contributed by atoms with Gasteiger partial charge in [-0.2, -0.15) is 0 Å². The molecule has 0 aliphatic rings. The third-order valence-corrected chi connectivity index (χ3v) is 3.57. The van der Waals surface area contributed by atoms with Crippen LogP contribution in [0.15, 0.2) is 36.4 Å². The smallest absolute Gasteiger partial charge is 0.335 e. The standard InChI is InChI=1S/C14H10ClN3O2/c1-8-10(15)3-2-4-12(8)18-13-7-9(14(19)20)5-6-11(13)16-17-18/h2-7H,1H3,(H,19,20). The van der Waals surface area contributed by atoms with Crippen LogP contribution in [0.3, 0.4) is 0 Å². The predicted octanol–water partition coefficient (Wildman–Crippen LogP) is 3.08. The lowest BCUT2D eigenvalue weighted by molar-refractivity contribution is 0.0697. The van der Waals surface area contributed by atoms with Gasteiger partial charge in [0.15, 0.2) is 0 Å². The minimum Gasteiger partial charge on any atom is -0.478 e. The molecule has 0 amide bonds. The second kappa shape index (κ2) is 4.61. The molecule has 100 valence electrons. The molecule has 0 saturated carbocycles. The Kier molecular flexibility index (Phi) is 2.91. The first kappa shape index (κ1) is 12.6.